The Labute approximate surface area is 116 Å². The van der Waals surface area contributed by atoms with Gasteiger partial charge in [-0.3, -0.25) is 10.2 Å². The van der Waals surface area contributed by atoms with Crippen LogP contribution in [0.4, 0.5) is 11.9 Å². The van der Waals surface area contributed by atoms with Gasteiger partial charge in [0.1, 0.15) is 0 Å². The Morgan fingerprint density at radius 2 is 2.05 bits per heavy atom. The van der Waals surface area contributed by atoms with Crippen molar-refractivity contribution in [3.63, 3.8) is 0 Å². The van der Waals surface area contributed by atoms with Crippen LogP contribution in [0.2, 0.25) is 0 Å². The maximum absolute atomic E-state index is 11.1. The molecule has 1 heterocycles. The van der Waals surface area contributed by atoms with E-state index in [-0.39, 0.29) is 17.7 Å². The molecule has 0 bridgehead atoms. The van der Waals surface area contributed by atoms with Crippen LogP contribution in [-0.2, 0) is 4.79 Å². The molecule has 0 saturated heterocycles. The van der Waals surface area contributed by atoms with E-state index in [9.17, 15) is 4.79 Å². The van der Waals surface area contributed by atoms with E-state index in [1.165, 1.54) is 11.8 Å². The molecule has 0 aliphatic heterocycles. The van der Waals surface area contributed by atoms with Crippen LogP contribution in [0.15, 0.2) is 5.16 Å². The third-order valence-corrected chi connectivity index (χ3v) is 3.17. The number of nitrogens with one attached hydrogen (secondary N) is 3. The first kappa shape index (κ1) is 15.4. The van der Waals surface area contributed by atoms with E-state index in [4.69, 9.17) is 5.84 Å². The Hall–Kier alpha value is -1.61. The minimum Gasteiger partial charge on any atom is -0.357 e. The van der Waals surface area contributed by atoms with E-state index in [0.29, 0.717) is 17.1 Å². The number of anilines is 2. The number of aromatic nitrogens is 3. The quantitative estimate of drug-likeness (QED) is 0.243. The highest BCUT2D eigenvalue weighted by Crippen LogP contribution is 2.16. The predicted molar refractivity (Wildman–Crippen MR) is 75.8 cm³/mol. The molecule has 0 aliphatic carbocycles. The summed E-state index contributed by atoms with van der Waals surface area (Å²) in [4.78, 5) is 23.7. The van der Waals surface area contributed by atoms with Crippen LogP contribution < -0.4 is 21.9 Å². The van der Waals surface area contributed by atoms with Crippen LogP contribution in [0.5, 0.6) is 0 Å². The van der Waals surface area contributed by atoms with Gasteiger partial charge in [0.25, 0.3) is 0 Å². The van der Waals surface area contributed by atoms with E-state index in [1.807, 2.05) is 6.92 Å². The van der Waals surface area contributed by atoms with Gasteiger partial charge in [0.05, 0.1) is 5.75 Å². The first-order valence-electron chi connectivity index (χ1n) is 5.91. The fourth-order valence-electron chi connectivity index (χ4n) is 1.09. The number of nitrogens with two attached hydrogens (primary N) is 1. The molecule has 0 spiro atoms. The number of hydrogen-bond acceptors (Lipinski definition) is 8. The monoisotopic (exact) mass is 285 g/mol. The van der Waals surface area contributed by atoms with Crippen molar-refractivity contribution >= 4 is 29.6 Å². The lowest BCUT2D eigenvalue weighted by Gasteiger charge is -2.12. The Kier molecular flexibility index (Phi) is 6.30. The highest BCUT2D eigenvalue weighted by atomic mass is 32.2. The van der Waals surface area contributed by atoms with Crippen LogP contribution in [0.3, 0.4) is 0 Å². The molecule has 19 heavy (non-hydrogen) atoms. The molecule has 8 nitrogen and oxygen atoms in total. The molecule has 106 valence electrons. The van der Waals surface area contributed by atoms with E-state index in [0.717, 1.165) is 6.42 Å². The smallest absolute Gasteiger partial charge is 0.244 e. The zero-order chi connectivity index (χ0) is 14.3. The summed E-state index contributed by atoms with van der Waals surface area (Å²) in [6.07, 6.45) is 0.957. The molecule has 1 rings (SSSR count). The van der Waals surface area contributed by atoms with Crippen LogP contribution in [0, 0.1) is 0 Å². The van der Waals surface area contributed by atoms with Gasteiger partial charge >= 0.3 is 0 Å². The molecule has 1 amide bonds. The summed E-state index contributed by atoms with van der Waals surface area (Å²) in [6.45, 7) is 4.11. The van der Waals surface area contributed by atoms with Crippen molar-refractivity contribution in [3.05, 3.63) is 0 Å². The predicted octanol–water partition coefficient (Wildman–Crippen LogP) is 0.206. The van der Waals surface area contributed by atoms with Gasteiger partial charge in [-0.1, -0.05) is 18.7 Å². The first-order chi connectivity index (χ1) is 9.08. The molecule has 1 aromatic heterocycles. The zero-order valence-electron chi connectivity index (χ0n) is 11.2. The molecule has 0 aromatic carbocycles. The molecular weight excluding hydrogens is 266 g/mol. The third kappa shape index (κ3) is 5.26. The standard InChI is InChI=1S/C10H19N7OS/c1-4-6(2)13-9-14-8(12-3)15-10(16-9)19-5-7(18)17-11/h6H,4-5,11H2,1-3H3,(H,17,18)(H2,12,13,14,15,16). The van der Waals surface area contributed by atoms with Crippen molar-refractivity contribution in [2.45, 2.75) is 31.5 Å². The van der Waals surface area contributed by atoms with Crippen molar-refractivity contribution in [2.24, 2.45) is 5.84 Å². The van der Waals surface area contributed by atoms with Crippen molar-refractivity contribution < 1.29 is 4.79 Å². The molecule has 0 aliphatic rings. The second-order valence-corrected chi connectivity index (χ2v) is 4.77. The molecule has 1 atom stereocenters. The van der Waals surface area contributed by atoms with Gasteiger partial charge in [-0.25, -0.2) is 5.84 Å². The van der Waals surface area contributed by atoms with Gasteiger partial charge in [0, 0.05) is 13.1 Å². The average Bonchev–Trinajstić information content (AvgIpc) is 2.44. The average molecular weight is 285 g/mol. The fraction of sp³-hybridized carbons (Fsp3) is 0.600. The number of hydrazine groups is 1. The van der Waals surface area contributed by atoms with E-state index in [1.54, 1.807) is 7.05 Å². The largest absolute Gasteiger partial charge is 0.357 e. The highest BCUT2D eigenvalue weighted by Gasteiger charge is 2.09. The summed E-state index contributed by atoms with van der Waals surface area (Å²) >= 11 is 1.20. The Balaban J connectivity index is 2.79. The third-order valence-electron chi connectivity index (χ3n) is 2.32. The zero-order valence-corrected chi connectivity index (χ0v) is 12.0. The van der Waals surface area contributed by atoms with Crippen LogP contribution in [0.1, 0.15) is 20.3 Å². The SMILES string of the molecule is CCC(C)Nc1nc(NC)nc(SCC(=O)NN)n1. The lowest BCUT2D eigenvalue weighted by Crippen LogP contribution is -2.31. The summed E-state index contributed by atoms with van der Waals surface area (Å²) in [7, 11) is 1.73. The molecule has 5 N–H and O–H groups in total. The van der Waals surface area contributed by atoms with Crippen LogP contribution in [0.25, 0.3) is 0 Å². The van der Waals surface area contributed by atoms with Crippen molar-refractivity contribution in [1.82, 2.24) is 20.4 Å². The molecule has 1 aromatic rings. The number of nitrogens with zero attached hydrogens (tertiary/aromatic N) is 3. The molecule has 9 heteroatoms. The van der Waals surface area contributed by atoms with Gasteiger partial charge in [-0.2, -0.15) is 15.0 Å². The topological polar surface area (TPSA) is 118 Å². The minimum atomic E-state index is -0.284. The van der Waals surface area contributed by atoms with E-state index in [2.05, 4.69) is 37.9 Å². The van der Waals surface area contributed by atoms with Crippen LogP contribution >= 0.6 is 11.8 Å². The molecule has 0 radical (unpaired) electrons. The van der Waals surface area contributed by atoms with Gasteiger partial charge in [-0.05, 0) is 13.3 Å². The first-order valence-corrected chi connectivity index (χ1v) is 6.90. The maximum atomic E-state index is 11.1. The number of hydrogen-bond donors (Lipinski definition) is 4. The fourth-order valence-corrected chi connectivity index (χ4v) is 1.74. The van der Waals surface area contributed by atoms with Gasteiger partial charge in [0.2, 0.25) is 17.8 Å². The number of carbonyl (C=O) groups excluding carboxylic acids is 1. The van der Waals surface area contributed by atoms with Gasteiger partial charge in [0.15, 0.2) is 5.16 Å². The Morgan fingerprint density at radius 3 is 2.63 bits per heavy atom. The summed E-state index contributed by atoms with van der Waals surface area (Å²) in [5, 5.41) is 6.49. The van der Waals surface area contributed by atoms with Crippen LogP contribution in [-0.4, -0.2) is 39.7 Å². The summed E-state index contributed by atoms with van der Waals surface area (Å²) in [5.74, 6) is 5.84. The Bertz CT molecular complexity index is 428. The molecular formula is C10H19N7OS. The number of carbonyl (C=O) groups is 1. The molecule has 1 unspecified atom stereocenters. The van der Waals surface area contributed by atoms with Crippen molar-refractivity contribution in [3.8, 4) is 0 Å². The second-order valence-electron chi connectivity index (χ2n) is 3.83. The summed E-state index contributed by atoms with van der Waals surface area (Å²) in [5.41, 5.74) is 2.06. The number of rotatable bonds is 7. The summed E-state index contributed by atoms with van der Waals surface area (Å²) in [6, 6.07) is 0.261. The van der Waals surface area contributed by atoms with E-state index >= 15 is 0 Å². The maximum Gasteiger partial charge on any atom is 0.244 e. The number of amides is 1. The molecule has 0 saturated carbocycles. The lowest BCUT2D eigenvalue weighted by atomic mass is 10.3. The molecule has 0 fully saturated rings. The normalized spacial score (nSPS) is 11.8. The number of thioether (sulfide) groups is 1. The summed E-state index contributed by atoms with van der Waals surface area (Å²) < 4.78 is 0. The van der Waals surface area contributed by atoms with Gasteiger partial charge in [-0.15, -0.1) is 0 Å². The Morgan fingerprint density at radius 1 is 1.37 bits per heavy atom. The van der Waals surface area contributed by atoms with E-state index < -0.39 is 0 Å². The highest BCUT2D eigenvalue weighted by molar-refractivity contribution is 7.99. The second kappa shape index (κ2) is 7.74. The van der Waals surface area contributed by atoms with Gasteiger partial charge < -0.3 is 10.6 Å². The lowest BCUT2D eigenvalue weighted by molar-refractivity contribution is -0.118. The minimum absolute atomic E-state index is 0.159. The van der Waals surface area contributed by atoms with Crippen molar-refractivity contribution in [2.75, 3.05) is 23.4 Å². The van der Waals surface area contributed by atoms with Crippen molar-refractivity contribution in [1.29, 1.82) is 0 Å².